The predicted octanol–water partition coefficient (Wildman–Crippen LogP) is 4.46. The predicted molar refractivity (Wildman–Crippen MR) is 98.2 cm³/mol. The Kier molecular flexibility index (Phi) is 13.3. The van der Waals surface area contributed by atoms with Crippen LogP contribution < -0.4 is 0 Å². The standard InChI is InChI=1S/C9H17O3P.C9H16O/c1-6(2)8(10)5-9(12-13)7(3)11-4;1-2-10-9-7-5-3-4-6-8-9/h5-7H,13H2,1-4H3;3-4,9H,2,5-8H2,1H3/b9-5-;. The molecule has 0 saturated heterocycles. The van der Waals surface area contributed by atoms with Gasteiger partial charge in [0.05, 0.1) is 15.6 Å². The van der Waals surface area contributed by atoms with Gasteiger partial charge in [0.25, 0.3) is 0 Å². The Labute approximate surface area is 143 Å². The van der Waals surface area contributed by atoms with Gasteiger partial charge in [-0.25, -0.2) is 0 Å². The van der Waals surface area contributed by atoms with Crippen LogP contribution in [0.3, 0.4) is 0 Å². The maximum absolute atomic E-state index is 11.3. The smallest absolute Gasteiger partial charge is 0.161 e. The van der Waals surface area contributed by atoms with Gasteiger partial charge >= 0.3 is 0 Å². The molecule has 1 aliphatic carbocycles. The second kappa shape index (κ2) is 13.7. The van der Waals surface area contributed by atoms with E-state index in [-0.39, 0.29) is 17.8 Å². The van der Waals surface area contributed by atoms with Crippen molar-refractivity contribution < 1.29 is 18.8 Å². The first-order valence-corrected chi connectivity index (χ1v) is 8.84. The average molecular weight is 344 g/mol. The van der Waals surface area contributed by atoms with Crippen molar-refractivity contribution in [2.45, 2.75) is 65.6 Å². The Morgan fingerprint density at radius 1 is 1.26 bits per heavy atom. The molecule has 1 rings (SSSR count). The minimum atomic E-state index is -0.194. The summed E-state index contributed by atoms with van der Waals surface area (Å²) in [7, 11) is 3.68. The van der Waals surface area contributed by atoms with Crippen molar-refractivity contribution in [3.63, 3.8) is 0 Å². The van der Waals surface area contributed by atoms with Crippen LogP contribution in [0, 0.1) is 5.92 Å². The maximum Gasteiger partial charge on any atom is 0.161 e. The maximum atomic E-state index is 11.3. The van der Waals surface area contributed by atoms with E-state index in [4.69, 9.17) is 14.0 Å². The van der Waals surface area contributed by atoms with E-state index in [0.29, 0.717) is 11.9 Å². The van der Waals surface area contributed by atoms with Crippen molar-refractivity contribution in [3.05, 3.63) is 24.0 Å². The molecule has 0 spiro atoms. The molecule has 0 bridgehead atoms. The summed E-state index contributed by atoms with van der Waals surface area (Å²) < 4.78 is 15.5. The first-order chi connectivity index (χ1) is 11.0. The van der Waals surface area contributed by atoms with Crippen LogP contribution >= 0.6 is 9.47 Å². The van der Waals surface area contributed by atoms with Crippen molar-refractivity contribution in [1.29, 1.82) is 0 Å². The summed E-state index contributed by atoms with van der Waals surface area (Å²) in [5, 5.41) is 0. The number of allylic oxidation sites excluding steroid dienone is 3. The lowest BCUT2D eigenvalue weighted by molar-refractivity contribution is -0.117. The van der Waals surface area contributed by atoms with Crippen LogP contribution in [0.25, 0.3) is 0 Å². The highest BCUT2D eigenvalue weighted by atomic mass is 31.0. The van der Waals surface area contributed by atoms with Crippen molar-refractivity contribution in [3.8, 4) is 0 Å². The fourth-order valence-electron chi connectivity index (χ4n) is 2.02. The quantitative estimate of drug-likeness (QED) is 0.296. The fourth-order valence-corrected chi connectivity index (χ4v) is 2.28. The van der Waals surface area contributed by atoms with Gasteiger partial charge in [0, 0.05) is 25.7 Å². The van der Waals surface area contributed by atoms with E-state index in [1.54, 1.807) is 7.11 Å². The molecular formula is C18H33O4P. The van der Waals surface area contributed by atoms with Crippen LogP contribution in [-0.4, -0.2) is 31.7 Å². The zero-order chi connectivity index (χ0) is 17.7. The molecule has 0 N–H and O–H groups in total. The van der Waals surface area contributed by atoms with E-state index in [2.05, 4.69) is 28.5 Å². The van der Waals surface area contributed by atoms with Gasteiger partial charge in [0.15, 0.2) is 5.78 Å². The van der Waals surface area contributed by atoms with Crippen LogP contribution in [0.15, 0.2) is 24.0 Å². The minimum Gasteiger partial charge on any atom is -0.482 e. The molecule has 0 aromatic carbocycles. The number of methoxy groups -OCH3 is 1. The largest absolute Gasteiger partial charge is 0.482 e. The van der Waals surface area contributed by atoms with Gasteiger partial charge in [-0.3, -0.25) is 4.79 Å². The van der Waals surface area contributed by atoms with E-state index in [1.165, 1.54) is 31.8 Å². The van der Waals surface area contributed by atoms with Crippen LogP contribution in [0.2, 0.25) is 0 Å². The van der Waals surface area contributed by atoms with E-state index < -0.39 is 0 Å². The molecule has 2 unspecified atom stereocenters. The van der Waals surface area contributed by atoms with Gasteiger partial charge in [-0.05, 0) is 39.5 Å². The molecule has 1 aliphatic rings. The molecule has 0 radical (unpaired) electrons. The summed E-state index contributed by atoms with van der Waals surface area (Å²) in [6, 6.07) is 0. The number of carbonyl (C=O) groups is 1. The summed E-state index contributed by atoms with van der Waals surface area (Å²) in [6.45, 7) is 8.44. The lowest BCUT2D eigenvalue weighted by Crippen LogP contribution is -2.12. The summed E-state index contributed by atoms with van der Waals surface area (Å²) in [4.78, 5) is 11.3. The third-order valence-corrected chi connectivity index (χ3v) is 3.90. The summed E-state index contributed by atoms with van der Waals surface area (Å²) in [5.41, 5.74) is 0. The molecule has 0 aliphatic heterocycles. The highest BCUT2D eigenvalue weighted by molar-refractivity contribution is 7.10. The average Bonchev–Trinajstić information content (AvgIpc) is 2.81. The third-order valence-electron chi connectivity index (χ3n) is 3.62. The fraction of sp³-hybridized carbons (Fsp3) is 0.722. The monoisotopic (exact) mass is 344 g/mol. The zero-order valence-electron chi connectivity index (χ0n) is 15.2. The lowest BCUT2D eigenvalue weighted by atomic mass is 10.1. The van der Waals surface area contributed by atoms with Crippen molar-refractivity contribution in [1.82, 2.24) is 0 Å². The molecule has 0 aromatic heterocycles. The van der Waals surface area contributed by atoms with Gasteiger partial charge in [0.1, 0.15) is 11.9 Å². The number of ketones is 1. The van der Waals surface area contributed by atoms with E-state index in [0.717, 1.165) is 6.61 Å². The van der Waals surface area contributed by atoms with Crippen LogP contribution in [0.4, 0.5) is 0 Å². The van der Waals surface area contributed by atoms with Crippen LogP contribution in [0.5, 0.6) is 0 Å². The lowest BCUT2D eigenvalue weighted by Gasteiger charge is -2.12. The van der Waals surface area contributed by atoms with E-state index in [1.807, 2.05) is 20.8 Å². The SMILES string of the molecule is CCOC1CCC=CCC1.COC(C)/C(=C/C(=O)C(C)C)OP. The molecule has 0 fully saturated rings. The molecule has 134 valence electrons. The number of hydrogen-bond donors (Lipinski definition) is 0. The normalized spacial score (nSPS) is 17.3. The second-order valence-corrected chi connectivity index (χ2v) is 6.04. The third kappa shape index (κ3) is 10.6. The first-order valence-electron chi connectivity index (χ1n) is 8.37. The number of ether oxygens (including phenoxy) is 2. The minimum absolute atomic E-state index is 0.0146. The Morgan fingerprint density at radius 2 is 1.83 bits per heavy atom. The summed E-state index contributed by atoms with van der Waals surface area (Å²) >= 11 is 0. The summed E-state index contributed by atoms with van der Waals surface area (Å²) in [6.07, 6.45) is 11.2. The Morgan fingerprint density at radius 3 is 2.22 bits per heavy atom. The zero-order valence-corrected chi connectivity index (χ0v) is 16.4. The highest BCUT2D eigenvalue weighted by Gasteiger charge is 2.12. The molecule has 0 amide bonds. The first kappa shape index (κ1) is 22.3. The number of carbonyl (C=O) groups excluding carboxylic acids is 1. The van der Waals surface area contributed by atoms with Crippen molar-refractivity contribution in [2.24, 2.45) is 5.92 Å². The van der Waals surface area contributed by atoms with Gasteiger partial charge < -0.3 is 14.0 Å². The molecular weight excluding hydrogens is 311 g/mol. The number of rotatable bonds is 7. The Hall–Kier alpha value is -0.700. The Bertz CT molecular complexity index is 367. The second-order valence-electron chi connectivity index (χ2n) is 5.80. The highest BCUT2D eigenvalue weighted by Crippen LogP contribution is 2.14. The van der Waals surface area contributed by atoms with E-state index >= 15 is 0 Å². The molecule has 5 heteroatoms. The molecule has 2 atom stereocenters. The molecule has 0 heterocycles. The van der Waals surface area contributed by atoms with Crippen LogP contribution in [0.1, 0.15) is 53.4 Å². The van der Waals surface area contributed by atoms with Gasteiger partial charge in [-0.2, -0.15) is 0 Å². The molecule has 0 aromatic rings. The van der Waals surface area contributed by atoms with Gasteiger partial charge in [-0.1, -0.05) is 26.0 Å². The van der Waals surface area contributed by atoms with Crippen molar-refractivity contribution >= 4 is 15.2 Å². The molecule has 0 saturated carbocycles. The van der Waals surface area contributed by atoms with E-state index in [9.17, 15) is 4.79 Å². The number of hydrogen-bond acceptors (Lipinski definition) is 4. The topological polar surface area (TPSA) is 44.8 Å². The van der Waals surface area contributed by atoms with Crippen molar-refractivity contribution in [2.75, 3.05) is 13.7 Å². The molecule has 23 heavy (non-hydrogen) atoms. The van der Waals surface area contributed by atoms with Gasteiger partial charge in [0.2, 0.25) is 0 Å². The summed E-state index contributed by atoms with van der Waals surface area (Å²) in [5.74, 6) is 0.562. The van der Waals surface area contributed by atoms with Gasteiger partial charge in [-0.15, -0.1) is 0 Å². The van der Waals surface area contributed by atoms with Crippen LogP contribution in [-0.2, 0) is 18.8 Å². The molecule has 4 nitrogen and oxygen atoms in total. The Balaban J connectivity index is 0.000000433.